The molecule has 0 aliphatic carbocycles. The molecule has 0 aromatic heterocycles. The summed E-state index contributed by atoms with van der Waals surface area (Å²) in [5.74, 6) is 0. The zero-order valence-corrected chi connectivity index (χ0v) is 7.60. The van der Waals surface area contributed by atoms with Crippen molar-refractivity contribution in [1.29, 1.82) is 0 Å². The number of rotatable bonds is 2. The van der Waals surface area contributed by atoms with E-state index in [1.165, 1.54) is 0 Å². The first-order valence-electron chi connectivity index (χ1n) is 1.46. The van der Waals surface area contributed by atoms with Gasteiger partial charge in [-0.2, -0.15) is 0 Å². The third-order valence-electron chi connectivity index (χ3n) is 0.200. The standard InChI is InChI=1S/H4O7P2.Ti/c1-8(2,3)7-9(4,5)6;/h(H2,1,2,3)(H2,4,5,6);/q;+4/p-4. The van der Waals surface area contributed by atoms with Crippen LogP contribution in [-0.2, 0) is 35.2 Å². The first-order valence-corrected chi connectivity index (χ1v) is 4.38. The third-order valence-corrected chi connectivity index (χ3v) is 1.80. The minimum Gasteiger partial charge on any atom is -0.790 e. The van der Waals surface area contributed by atoms with E-state index in [4.69, 9.17) is 0 Å². The Morgan fingerprint density at radius 3 is 1.10 bits per heavy atom. The molecule has 0 radical (unpaired) electrons. The van der Waals surface area contributed by atoms with Gasteiger partial charge in [-0.05, 0) is 0 Å². The predicted octanol–water partition coefficient (Wildman–Crippen LogP) is -3.34. The first kappa shape index (κ1) is 13.6. The fourth-order valence-corrected chi connectivity index (χ4v) is 1.10. The summed E-state index contributed by atoms with van der Waals surface area (Å²) in [6, 6.07) is 0. The summed E-state index contributed by atoms with van der Waals surface area (Å²) < 4.78 is 21.2. The second-order valence-corrected chi connectivity index (χ2v) is 3.42. The molecule has 0 aromatic carbocycles. The molecule has 7 nitrogen and oxygen atoms in total. The Labute approximate surface area is 70.8 Å². The number of phosphoric acid groups is 2. The summed E-state index contributed by atoms with van der Waals surface area (Å²) >= 11 is 0. The Bertz CT molecular complexity index is 152. The van der Waals surface area contributed by atoms with E-state index in [2.05, 4.69) is 4.31 Å². The quantitative estimate of drug-likeness (QED) is 0.351. The van der Waals surface area contributed by atoms with E-state index in [1.807, 2.05) is 0 Å². The molecule has 0 saturated carbocycles. The van der Waals surface area contributed by atoms with E-state index in [-0.39, 0.29) is 21.7 Å². The van der Waals surface area contributed by atoms with Crippen molar-refractivity contribution in [2.45, 2.75) is 0 Å². The van der Waals surface area contributed by atoms with Gasteiger partial charge < -0.3 is 33.0 Å². The molecule has 0 heterocycles. The monoisotopic (exact) mass is 222 g/mol. The molecule has 10 heteroatoms. The van der Waals surface area contributed by atoms with Gasteiger partial charge >= 0.3 is 21.7 Å². The maximum Gasteiger partial charge on any atom is 4.00 e. The molecule has 0 N–H and O–H groups in total. The van der Waals surface area contributed by atoms with Crippen LogP contribution in [0, 0.1) is 0 Å². The largest absolute Gasteiger partial charge is 4.00 e. The van der Waals surface area contributed by atoms with E-state index >= 15 is 0 Å². The van der Waals surface area contributed by atoms with Crippen LogP contribution in [0.15, 0.2) is 0 Å². The molecule has 0 unspecified atom stereocenters. The smallest absolute Gasteiger partial charge is 0.790 e. The summed E-state index contributed by atoms with van der Waals surface area (Å²) in [4.78, 5) is 37.3. The topological polar surface area (TPSA) is 136 Å². The Hall–Kier alpha value is 0.974. The van der Waals surface area contributed by atoms with Crippen molar-refractivity contribution >= 4 is 15.6 Å². The third kappa shape index (κ3) is 11.7. The van der Waals surface area contributed by atoms with Crippen LogP contribution in [0.5, 0.6) is 0 Å². The Morgan fingerprint density at radius 1 is 0.900 bits per heavy atom. The van der Waals surface area contributed by atoms with Crippen LogP contribution in [0.25, 0.3) is 0 Å². The van der Waals surface area contributed by atoms with Gasteiger partial charge in [0.05, 0.1) is 15.6 Å². The molecule has 56 valence electrons. The van der Waals surface area contributed by atoms with Crippen LogP contribution < -0.4 is 19.6 Å². The van der Waals surface area contributed by atoms with Crippen LogP contribution >= 0.6 is 15.6 Å². The fraction of sp³-hybridized carbons (Fsp3) is 0. The second kappa shape index (κ2) is 4.11. The molecule has 0 fully saturated rings. The van der Waals surface area contributed by atoms with Crippen molar-refractivity contribution in [2.24, 2.45) is 0 Å². The van der Waals surface area contributed by atoms with Gasteiger partial charge in [0.2, 0.25) is 0 Å². The minimum atomic E-state index is -5.68. The second-order valence-electron chi connectivity index (χ2n) is 0.976. The minimum absolute atomic E-state index is 0. The Morgan fingerprint density at radius 2 is 1.10 bits per heavy atom. The van der Waals surface area contributed by atoms with E-state index in [9.17, 15) is 28.7 Å². The van der Waals surface area contributed by atoms with Crippen LogP contribution in [0.4, 0.5) is 0 Å². The normalized spacial score (nSPS) is 12.4. The average Bonchev–Trinajstić information content (AvgIpc) is 1.14. The SMILES string of the molecule is O=P([O-])([O-])OP(=O)([O-])[O-].[Ti+4]. The fourth-order valence-electron chi connectivity index (χ4n) is 0.122. The zero-order valence-electron chi connectivity index (χ0n) is 4.25. The van der Waals surface area contributed by atoms with Gasteiger partial charge in [-0.25, -0.2) is 0 Å². The summed E-state index contributed by atoms with van der Waals surface area (Å²) in [6.45, 7) is 0. The molecule has 0 aromatic rings. The molecule has 0 saturated heterocycles. The van der Waals surface area contributed by atoms with Gasteiger partial charge in [-0.3, -0.25) is 0 Å². The molecule has 0 rings (SSSR count). The summed E-state index contributed by atoms with van der Waals surface area (Å²) in [5.41, 5.74) is 0. The maximum atomic E-state index is 9.32. The van der Waals surface area contributed by atoms with Crippen molar-refractivity contribution in [1.82, 2.24) is 0 Å². The molecule has 0 amide bonds. The molecular formula is O7P2Ti. The van der Waals surface area contributed by atoms with E-state index in [1.54, 1.807) is 0 Å². The van der Waals surface area contributed by atoms with Gasteiger partial charge in [0.25, 0.3) is 0 Å². The molecule has 0 aliphatic heterocycles. The van der Waals surface area contributed by atoms with E-state index < -0.39 is 15.6 Å². The molecule has 0 aliphatic rings. The van der Waals surface area contributed by atoms with Crippen molar-refractivity contribution < 1.29 is 54.7 Å². The van der Waals surface area contributed by atoms with Crippen molar-refractivity contribution in [3.63, 3.8) is 0 Å². The molecule has 10 heavy (non-hydrogen) atoms. The van der Waals surface area contributed by atoms with Crippen LogP contribution in [0.2, 0.25) is 0 Å². The Kier molecular flexibility index (Phi) is 5.58. The first-order chi connectivity index (χ1) is 3.71. The van der Waals surface area contributed by atoms with Gasteiger partial charge in [-0.15, -0.1) is 0 Å². The summed E-state index contributed by atoms with van der Waals surface area (Å²) in [7, 11) is -11.4. The van der Waals surface area contributed by atoms with Crippen LogP contribution in [-0.4, -0.2) is 0 Å². The number of hydrogen-bond donors (Lipinski definition) is 0. The van der Waals surface area contributed by atoms with Crippen molar-refractivity contribution in [3.05, 3.63) is 0 Å². The van der Waals surface area contributed by atoms with E-state index in [0.29, 0.717) is 0 Å². The van der Waals surface area contributed by atoms with Gasteiger partial charge in [0.15, 0.2) is 0 Å². The zero-order chi connectivity index (χ0) is 7.71. The number of hydrogen-bond acceptors (Lipinski definition) is 7. The molecular weight excluding hydrogens is 222 g/mol. The molecule has 0 spiro atoms. The van der Waals surface area contributed by atoms with Gasteiger partial charge in [-0.1, -0.05) is 0 Å². The van der Waals surface area contributed by atoms with Crippen LogP contribution in [0.1, 0.15) is 0 Å². The van der Waals surface area contributed by atoms with Crippen molar-refractivity contribution in [3.8, 4) is 0 Å². The average molecular weight is 222 g/mol. The molecule has 0 bridgehead atoms. The predicted molar refractivity (Wildman–Crippen MR) is 16.3 cm³/mol. The summed E-state index contributed by atoms with van der Waals surface area (Å²) in [6.07, 6.45) is 0. The van der Waals surface area contributed by atoms with Crippen molar-refractivity contribution in [2.75, 3.05) is 0 Å². The van der Waals surface area contributed by atoms with Crippen LogP contribution in [0.3, 0.4) is 0 Å². The molecule has 0 atom stereocenters. The Balaban J connectivity index is 0. The summed E-state index contributed by atoms with van der Waals surface area (Å²) in [5, 5.41) is 0. The van der Waals surface area contributed by atoms with Gasteiger partial charge in [0, 0.05) is 0 Å². The maximum absolute atomic E-state index is 9.32. The van der Waals surface area contributed by atoms with Gasteiger partial charge in [0.1, 0.15) is 0 Å². The van der Waals surface area contributed by atoms with E-state index in [0.717, 1.165) is 0 Å².